The van der Waals surface area contributed by atoms with Crippen molar-refractivity contribution in [1.82, 2.24) is 10.2 Å². The van der Waals surface area contributed by atoms with Gasteiger partial charge in [0.25, 0.3) is 10.0 Å². The van der Waals surface area contributed by atoms with Gasteiger partial charge < -0.3 is 10.2 Å². The first-order chi connectivity index (χ1) is 20.5. The van der Waals surface area contributed by atoms with E-state index in [1.807, 2.05) is 43.3 Å². The summed E-state index contributed by atoms with van der Waals surface area (Å²) in [7, 11) is -2.69. The van der Waals surface area contributed by atoms with Gasteiger partial charge in [-0.2, -0.15) is 0 Å². The zero-order chi connectivity index (χ0) is 31.1. The molecule has 1 unspecified atom stereocenters. The second kappa shape index (κ2) is 14.1. The predicted octanol–water partition coefficient (Wildman–Crippen LogP) is 6.19. The Hall–Kier alpha value is -3.85. The third-order valence-electron chi connectivity index (χ3n) is 7.14. The van der Waals surface area contributed by atoms with Crippen LogP contribution >= 0.6 is 23.2 Å². The maximum Gasteiger partial charge on any atom is 0.264 e. The number of carbonyl (C=O) groups is 2. The van der Waals surface area contributed by atoms with E-state index in [4.69, 9.17) is 23.2 Å². The molecular formula is C33H33Cl2N3O4S. The van der Waals surface area contributed by atoms with Gasteiger partial charge in [-0.25, -0.2) is 8.42 Å². The zero-order valence-electron chi connectivity index (χ0n) is 24.1. The molecular weight excluding hydrogens is 605 g/mol. The van der Waals surface area contributed by atoms with E-state index < -0.39 is 34.4 Å². The molecule has 0 radical (unpaired) electrons. The summed E-state index contributed by atoms with van der Waals surface area (Å²) in [6.45, 7) is 3.02. The van der Waals surface area contributed by atoms with E-state index in [1.54, 1.807) is 55.5 Å². The Bertz CT molecular complexity index is 1680. The lowest BCUT2D eigenvalue weighted by Crippen LogP contribution is -2.53. The van der Waals surface area contributed by atoms with E-state index in [0.29, 0.717) is 26.9 Å². The van der Waals surface area contributed by atoms with Crippen molar-refractivity contribution >= 4 is 50.7 Å². The average Bonchev–Trinajstić information content (AvgIpc) is 2.99. The number of sulfonamides is 1. The third-order valence-corrected chi connectivity index (χ3v) is 9.62. The van der Waals surface area contributed by atoms with Crippen LogP contribution in [0.15, 0.2) is 102 Å². The topological polar surface area (TPSA) is 86.8 Å². The Morgan fingerprint density at radius 1 is 0.837 bits per heavy atom. The van der Waals surface area contributed by atoms with Gasteiger partial charge in [0.15, 0.2) is 0 Å². The number of nitrogens with one attached hydrogen (secondary N) is 1. The molecule has 1 atom stereocenters. The van der Waals surface area contributed by atoms with Crippen LogP contribution in [0.5, 0.6) is 0 Å². The molecule has 0 fully saturated rings. The summed E-state index contributed by atoms with van der Waals surface area (Å²) < 4.78 is 29.3. The summed E-state index contributed by atoms with van der Waals surface area (Å²) in [5, 5.41) is 3.31. The van der Waals surface area contributed by atoms with Gasteiger partial charge in [-0.05, 0) is 55.3 Å². The van der Waals surface area contributed by atoms with Crippen LogP contribution in [0, 0.1) is 13.8 Å². The third kappa shape index (κ3) is 7.57. The largest absolute Gasteiger partial charge is 0.357 e. The summed E-state index contributed by atoms with van der Waals surface area (Å²) in [6, 6.07) is 26.6. The fraction of sp³-hybridized carbons (Fsp3) is 0.212. The van der Waals surface area contributed by atoms with Crippen molar-refractivity contribution in [1.29, 1.82) is 0 Å². The molecule has 1 N–H and O–H groups in total. The SMILES string of the molecule is CNC(=O)C(Cc1ccccc1)N(Cc1c(Cl)cccc1Cl)C(=O)CN(c1ccc(C)cc1C)S(=O)(=O)c1ccccc1. The van der Waals surface area contributed by atoms with Crippen LogP contribution in [0.2, 0.25) is 10.0 Å². The second-order valence-electron chi connectivity index (χ2n) is 10.2. The monoisotopic (exact) mass is 637 g/mol. The van der Waals surface area contributed by atoms with Crippen LogP contribution in [0.1, 0.15) is 22.3 Å². The molecule has 2 amide bonds. The molecule has 0 aliphatic heterocycles. The quantitative estimate of drug-likeness (QED) is 0.212. The molecule has 0 aliphatic carbocycles. The number of halogens is 2. The molecule has 7 nitrogen and oxygen atoms in total. The van der Waals surface area contributed by atoms with Gasteiger partial charge in [0, 0.05) is 35.6 Å². The van der Waals surface area contributed by atoms with Gasteiger partial charge in [-0.1, -0.05) is 95.5 Å². The maximum absolute atomic E-state index is 14.4. The molecule has 0 heterocycles. The second-order valence-corrected chi connectivity index (χ2v) is 12.8. The number of likely N-dealkylation sites (N-methyl/N-ethyl adjacent to an activating group) is 1. The van der Waals surface area contributed by atoms with Crippen LogP contribution in [0.4, 0.5) is 5.69 Å². The fourth-order valence-electron chi connectivity index (χ4n) is 4.89. The lowest BCUT2D eigenvalue weighted by atomic mass is 10.0. The molecule has 4 aromatic carbocycles. The molecule has 0 aliphatic rings. The van der Waals surface area contributed by atoms with Crippen molar-refractivity contribution in [2.75, 3.05) is 17.9 Å². The lowest BCUT2D eigenvalue weighted by Gasteiger charge is -2.34. The van der Waals surface area contributed by atoms with Crippen LogP contribution in [-0.4, -0.2) is 44.8 Å². The molecule has 4 aromatic rings. The number of aryl methyl sites for hydroxylation is 2. The van der Waals surface area contributed by atoms with Crippen molar-refractivity contribution in [2.24, 2.45) is 0 Å². The first-order valence-electron chi connectivity index (χ1n) is 13.7. The summed E-state index contributed by atoms with van der Waals surface area (Å²) >= 11 is 13.0. The first kappa shape index (κ1) is 32.1. The van der Waals surface area contributed by atoms with Gasteiger partial charge in [0.2, 0.25) is 11.8 Å². The summed E-state index contributed by atoms with van der Waals surface area (Å²) in [5.41, 5.74) is 3.26. The minimum absolute atomic E-state index is 0.0376. The van der Waals surface area contributed by atoms with Gasteiger partial charge >= 0.3 is 0 Å². The summed E-state index contributed by atoms with van der Waals surface area (Å²) in [6.07, 6.45) is 0.184. The van der Waals surface area contributed by atoms with Crippen LogP contribution in [-0.2, 0) is 32.6 Å². The van der Waals surface area contributed by atoms with Crippen molar-refractivity contribution < 1.29 is 18.0 Å². The van der Waals surface area contributed by atoms with Gasteiger partial charge in [-0.3, -0.25) is 13.9 Å². The number of carbonyl (C=O) groups excluding carboxylic acids is 2. The fourth-order valence-corrected chi connectivity index (χ4v) is 6.91. The average molecular weight is 639 g/mol. The number of benzene rings is 4. The van der Waals surface area contributed by atoms with E-state index >= 15 is 0 Å². The van der Waals surface area contributed by atoms with Crippen molar-refractivity contribution in [3.05, 3.63) is 129 Å². The zero-order valence-corrected chi connectivity index (χ0v) is 26.5. The Kier molecular flexibility index (Phi) is 10.5. The van der Waals surface area contributed by atoms with Gasteiger partial charge in [0.1, 0.15) is 12.6 Å². The molecule has 10 heteroatoms. The summed E-state index contributed by atoms with van der Waals surface area (Å²) in [5.74, 6) is -1.01. The van der Waals surface area contributed by atoms with Crippen molar-refractivity contribution in [3.8, 4) is 0 Å². The highest BCUT2D eigenvalue weighted by Crippen LogP contribution is 2.30. The van der Waals surface area contributed by atoms with Crippen molar-refractivity contribution in [3.63, 3.8) is 0 Å². The molecule has 4 rings (SSSR count). The number of nitrogens with zero attached hydrogens (tertiary/aromatic N) is 2. The minimum atomic E-state index is -4.18. The Morgan fingerprint density at radius 3 is 2.02 bits per heavy atom. The molecule has 43 heavy (non-hydrogen) atoms. The highest BCUT2D eigenvalue weighted by atomic mass is 35.5. The van der Waals surface area contributed by atoms with E-state index in [0.717, 1.165) is 15.4 Å². The van der Waals surface area contributed by atoms with E-state index in [-0.39, 0.29) is 17.9 Å². The molecule has 0 aromatic heterocycles. The van der Waals surface area contributed by atoms with Crippen LogP contribution in [0.25, 0.3) is 0 Å². The van der Waals surface area contributed by atoms with Crippen molar-refractivity contribution in [2.45, 2.75) is 37.8 Å². The molecule has 0 saturated carbocycles. The smallest absolute Gasteiger partial charge is 0.264 e. The van der Waals surface area contributed by atoms with Crippen LogP contribution in [0.3, 0.4) is 0 Å². The van der Waals surface area contributed by atoms with E-state index in [1.165, 1.54) is 24.1 Å². The highest BCUT2D eigenvalue weighted by molar-refractivity contribution is 7.92. The van der Waals surface area contributed by atoms with Gasteiger partial charge in [0.05, 0.1) is 10.6 Å². The highest BCUT2D eigenvalue weighted by Gasteiger charge is 2.35. The molecule has 0 spiro atoms. The van der Waals surface area contributed by atoms with Gasteiger partial charge in [-0.15, -0.1) is 0 Å². The maximum atomic E-state index is 14.4. The standard InChI is InChI=1S/C33H33Cl2N3O4S/c1-23-17-18-30(24(2)19-23)38(43(41,42)26-13-8-5-9-14-26)22-32(39)37(21-27-28(34)15-10-16-29(27)35)31(33(40)36-3)20-25-11-6-4-7-12-25/h4-19,31H,20-22H2,1-3H3,(H,36,40). The summed E-state index contributed by atoms with van der Waals surface area (Å²) in [4.78, 5) is 29.2. The Labute approximate surface area is 263 Å². The molecule has 0 bridgehead atoms. The number of hydrogen-bond acceptors (Lipinski definition) is 4. The van der Waals surface area contributed by atoms with E-state index in [9.17, 15) is 18.0 Å². The predicted molar refractivity (Wildman–Crippen MR) is 172 cm³/mol. The Morgan fingerprint density at radius 2 is 1.44 bits per heavy atom. The van der Waals surface area contributed by atoms with E-state index in [2.05, 4.69) is 5.32 Å². The first-order valence-corrected chi connectivity index (χ1v) is 15.9. The minimum Gasteiger partial charge on any atom is -0.357 e. The lowest BCUT2D eigenvalue weighted by molar-refractivity contribution is -0.139. The number of anilines is 1. The molecule has 0 saturated heterocycles. The molecule has 224 valence electrons. The number of amides is 2. The van der Waals surface area contributed by atoms with Crippen LogP contribution < -0.4 is 9.62 Å². The normalized spacial score (nSPS) is 11.9. The number of rotatable bonds is 11. The number of hydrogen-bond donors (Lipinski definition) is 1. The Balaban J connectivity index is 1.84.